The SMILES string of the molecule is CCOc1ccc2c(n1)CCN[C@H]2C(=O)Nc1cc(F)c([Si](C)(C)C)c(F)c1. The number of carbonyl (C=O) groups excluding carboxylic acids is 1. The molecule has 0 unspecified atom stereocenters. The molecule has 0 bridgehead atoms. The van der Waals surface area contributed by atoms with Crippen molar-refractivity contribution in [1.82, 2.24) is 10.3 Å². The lowest BCUT2D eigenvalue weighted by Crippen LogP contribution is -2.42. The molecule has 1 aromatic carbocycles. The topological polar surface area (TPSA) is 63.2 Å². The lowest BCUT2D eigenvalue weighted by molar-refractivity contribution is -0.118. The first-order valence-corrected chi connectivity index (χ1v) is 12.9. The Bertz CT molecular complexity index is 877. The molecule has 2 N–H and O–H groups in total. The minimum Gasteiger partial charge on any atom is -0.478 e. The second kappa shape index (κ2) is 7.96. The Morgan fingerprint density at radius 1 is 1.29 bits per heavy atom. The maximum Gasteiger partial charge on any atom is 0.246 e. The molecule has 2 heterocycles. The standard InChI is InChI=1S/C20H25F2N3O2Si/c1-5-27-17-7-6-13-16(25-17)8-9-23-18(13)20(26)24-12-10-14(21)19(15(22)11-12)28(2,3)4/h6-7,10-11,18,23H,5,8-9H2,1-4H3,(H,24,26)/t18-/m1/s1. The quantitative estimate of drug-likeness (QED) is 0.751. The van der Waals surface area contributed by atoms with Gasteiger partial charge in [0, 0.05) is 35.5 Å². The van der Waals surface area contributed by atoms with Gasteiger partial charge in [-0.05, 0) is 25.1 Å². The van der Waals surface area contributed by atoms with Gasteiger partial charge in [0.25, 0.3) is 0 Å². The molecule has 28 heavy (non-hydrogen) atoms. The van der Waals surface area contributed by atoms with E-state index in [2.05, 4.69) is 15.6 Å². The lowest BCUT2D eigenvalue weighted by atomic mass is 9.98. The minimum absolute atomic E-state index is 0.106. The summed E-state index contributed by atoms with van der Waals surface area (Å²) in [5, 5.41) is 5.90. The van der Waals surface area contributed by atoms with E-state index in [1.54, 1.807) is 12.1 Å². The van der Waals surface area contributed by atoms with Crippen molar-refractivity contribution in [2.24, 2.45) is 0 Å². The van der Waals surface area contributed by atoms with Crippen LogP contribution < -0.4 is 20.6 Å². The second-order valence-corrected chi connectivity index (χ2v) is 12.8. The molecule has 150 valence electrons. The van der Waals surface area contributed by atoms with Crippen molar-refractivity contribution < 1.29 is 18.3 Å². The Kier molecular flexibility index (Phi) is 5.81. The number of benzene rings is 1. The van der Waals surface area contributed by atoms with Gasteiger partial charge in [-0.15, -0.1) is 0 Å². The van der Waals surface area contributed by atoms with Crippen molar-refractivity contribution >= 4 is 24.9 Å². The van der Waals surface area contributed by atoms with Crippen LogP contribution >= 0.6 is 0 Å². The first kappa shape index (κ1) is 20.4. The molecular weight excluding hydrogens is 380 g/mol. The van der Waals surface area contributed by atoms with Crippen LogP contribution in [0.3, 0.4) is 0 Å². The van der Waals surface area contributed by atoms with E-state index in [1.165, 1.54) is 12.1 Å². The number of ether oxygens (including phenoxy) is 1. The first-order valence-electron chi connectivity index (χ1n) is 9.37. The van der Waals surface area contributed by atoms with Gasteiger partial charge in [-0.1, -0.05) is 19.6 Å². The van der Waals surface area contributed by atoms with E-state index < -0.39 is 25.8 Å². The molecule has 0 saturated heterocycles. The highest BCUT2D eigenvalue weighted by Crippen LogP contribution is 2.26. The number of nitrogens with one attached hydrogen (secondary N) is 2. The van der Waals surface area contributed by atoms with E-state index in [1.807, 2.05) is 26.6 Å². The van der Waals surface area contributed by atoms with Crippen molar-refractivity contribution in [1.29, 1.82) is 0 Å². The van der Waals surface area contributed by atoms with E-state index in [0.29, 0.717) is 25.5 Å². The predicted octanol–water partition coefficient (Wildman–Crippen LogP) is 3.13. The van der Waals surface area contributed by atoms with Crippen molar-refractivity contribution in [3.8, 4) is 5.88 Å². The molecule has 1 aliphatic heterocycles. The molecular formula is C20H25F2N3O2Si. The predicted molar refractivity (Wildman–Crippen MR) is 108 cm³/mol. The summed E-state index contributed by atoms with van der Waals surface area (Å²) in [6.45, 7) is 8.59. The monoisotopic (exact) mass is 405 g/mol. The molecule has 1 amide bonds. The fourth-order valence-electron chi connectivity index (χ4n) is 3.44. The van der Waals surface area contributed by atoms with Crippen molar-refractivity contribution in [2.45, 2.75) is 39.0 Å². The highest BCUT2D eigenvalue weighted by Gasteiger charge is 2.29. The molecule has 1 aromatic heterocycles. The largest absolute Gasteiger partial charge is 0.478 e. The van der Waals surface area contributed by atoms with Crippen LogP contribution in [0.1, 0.15) is 24.2 Å². The number of pyridine rings is 1. The third-order valence-electron chi connectivity index (χ3n) is 4.62. The third kappa shape index (κ3) is 4.23. The molecule has 2 aromatic rings. The Labute approximate surface area is 164 Å². The summed E-state index contributed by atoms with van der Waals surface area (Å²) in [5.74, 6) is -1.09. The number of halogens is 2. The van der Waals surface area contributed by atoms with Gasteiger partial charge >= 0.3 is 0 Å². The molecule has 0 saturated carbocycles. The van der Waals surface area contributed by atoms with Gasteiger partial charge in [-0.25, -0.2) is 13.8 Å². The van der Waals surface area contributed by atoms with E-state index in [4.69, 9.17) is 4.74 Å². The normalized spacial score (nSPS) is 16.4. The Balaban J connectivity index is 1.83. The number of hydrogen-bond donors (Lipinski definition) is 2. The molecule has 1 atom stereocenters. The summed E-state index contributed by atoms with van der Waals surface area (Å²) in [6.07, 6.45) is 0.675. The maximum atomic E-state index is 14.5. The van der Waals surface area contributed by atoms with E-state index >= 15 is 0 Å². The highest BCUT2D eigenvalue weighted by molar-refractivity contribution is 6.88. The molecule has 8 heteroatoms. The Hall–Kier alpha value is -2.32. The number of fused-ring (bicyclic) bond motifs is 1. The fraction of sp³-hybridized carbons (Fsp3) is 0.400. The van der Waals surface area contributed by atoms with Crippen LogP contribution in [-0.2, 0) is 11.2 Å². The van der Waals surface area contributed by atoms with E-state index in [9.17, 15) is 13.6 Å². The van der Waals surface area contributed by atoms with Crippen molar-refractivity contribution in [3.63, 3.8) is 0 Å². The summed E-state index contributed by atoms with van der Waals surface area (Å²) in [4.78, 5) is 17.2. The van der Waals surface area contributed by atoms with Crippen LogP contribution in [0.25, 0.3) is 0 Å². The van der Waals surface area contributed by atoms with Gasteiger partial charge in [0.2, 0.25) is 11.8 Å². The number of aromatic nitrogens is 1. The van der Waals surface area contributed by atoms with Gasteiger partial charge in [0.1, 0.15) is 17.7 Å². The summed E-state index contributed by atoms with van der Waals surface area (Å²) < 4.78 is 34.3. The van der Waals surface area contributed by atoms with Crippen LogP contribution in [0.2, 0.25) is 19.6 Å². The average Bonchev–Trinajstić information content (AvgIpc) is 2.59. The van der Waals surface area contributed by atoms with Crippen molar-refractivity contribution in [2.75, 3.05) is 18.5 Å². The number of amides is 1. The zero-order valence-corrected chi connectivity index (χ0v) is 17.5. The first-order chi connectivity index (χ1) is 13.2. The van der Waals surface area contributed by atoms with Crippen molar-refractivity contribution in [3.05, 3.63) is 47.2 Å². The van der Waals surface area contributed by atoms with Crippen LogP contribution in [0.4, 0.5) is 14.5 Å². The summed E-state index contributed by atoms with van der Waals surface area (Å²) in [5.41, 5.74) is 1.64. The molecule has 5 nitrogen and oxygen atoms in total. The number of nitrogens with zero attached hydrogens (tertiary/aromatic N) is 1. The molecule has 0 fully saturated rings. The van der Waals surface area contributed by atoms with Gasteiger partial charge in [0.05, 0.1) is 20.4 Å². The van der Waals surface area contributed by atoms with Crippen LogP contribution in [0.5, 0.6) is 5.88 Å². The minimum atomic E-state index is -2.17. The second-order valence-electron chi connectivity index (χ2n) is 7.81. The van der Waals surface area contributed by atoms with Gasteiger partial charge < -0.3 is 15.4 Å². The number of hydrogen-bond acceptors (Lipinski definition) is 4. The number of rotatable bonds is 5. The van der Waals surface area contributed by atoms with Gasteiger partial charge in [-0.2, -0.15) is 0 Å². The lowest BCUT2D eigenvalue weighted by Gasteiger charge is -2.26. The molecule has 0 spiro atoms. The molecule has 0 aliphatic carbocycles. The third-order valence-corrected chi connectivity index (χ3v) is 6.60. The zero-order valence-electron chi connectivity index (χ0n) is 16.5. The molecule has 3 rings (SSSR count). The van der Waals surface area contributed by atoms with E-state index in [-0.39, 0.29) is 16.8 Å². The Morgan fingerprint density at radius 3 is 2.57 bits per heavy atom. The maximum absolute atomic E-state index is 14.5. The fourth-order valence-corrected chi connectivity index (χ4v) is 5.02. The smallest absolute Gasteiger partial charge is 0.246 e. The number of carbonyl (C=O) groups is 1. The molecule has 0 radical (unpaired) electrons. The zero-order chi connectivity index (χ0) is 20.5. The molecule has 1 aliphatic rings. The van der Waals surface area contributed by atoms with E-state index in [0.717, 1.165) is 11.3 Å². The highest BCUT2D eigenvalue weighted by atomic mass is 28.3. The summed E-state index contributed by atoms with van der Waals surface area (Å²) >= 11 is 0. The number of anilines is 1. The average molecular weight is 406 g/mol. The van der Waals surface area contributed by atoms with Crippen LogP contribution in [0, 0.1) is 11.6 Å². The van der Waals surface area contributed by atoms with Crippen LogP contribution in [0.15, 0.2) is 24.3 Å². The van der Waals surface area contributed by atoms with Crippen LogP contribution in [-0.4, -0.2) is 32.1 Å². The van der Waals surface area contributed by atoms with Gasteiger partial charge in [0.15, 0.2) is 0 Å². The summed E-state index contributed by atoms with van der Waals surface area (Å²) in [7, 11) is -2.17. The Morgan fingerprint density at radius 2 is 1.96 bits per heavy atom. The van der Waals surface area contributed by atoms with Gasteiger partial charge in [-0.3, -0.25) is 4.79 Å². The summed E-state index contributed by atoms with van der Waals surface area (Å²) in [6, 6.07) is 5.26.